The van der Waals surface area contributed by atoms with Gasteiger partial charge in [0.25, 0.3) is 5.91 Å². The van der Waals surface area contributed by atoms with Crippen molar-refractivity contribution in [2.75, 3.05) is 34.9 Å². The number of carbonyl (C=O) groups is 4. The molecule has 0 fully saturated rings. The zero-order chi connectivity index (χ0) is 33.1. The lowest BCUT2D eigenvalue weighted by atomic mass is 9.82. The molecule has 1 aliphatic heterocycles. The van der Waals surface area contributed by atoms with Crippen LogP contribution in [0.2, 0.25) is 0 Å². The highest BCUT2D eigenvalue weighted by Crippen LogP contribution is 2.31. The lowest BCUT2D eigenvalue weighted by Gasteiger charge is -2.30. The monoisotopic (exact) mass is 631 g/mol. The third-order valence-electron chi connectivity index (χ3n) is 7.94. The number of nitrogens with zero attached hydrogens (tertiary/aromatic N) is 1. The van der Waals surface area contributed by atoms with Crippen LogP contribution in [0.1, 0.15) is 60.8 Å². The standard InChI is InChI=1S/C33H49N3O8.CH4/c1-19-15-24-23(12-10-14-36(5)6)26(37)18-25(30(24)39)35-32(40)20(2)11-9-13-27(42-7)31(44-33(34)41)22(4)17-21(3)29(38)28(16-19)43-8;/h9,11,13,17-19,21,27-29,31,38H,10,12,14-16H2,1-8H3,(H2,34,41)(H,35,40);1H4/b13-9-,20-11+,22-17+;/t19-,21+,27+,28+,29-,31+;/m1./s1. The number of nitrogens with two attached hydrogens (primary N) is 1. The Morgan fingerprint density at radius 1 is 1.13 bits per heavy atom. The van der Waals surface area contributed by atoms with Gasteiger partial charge in [-0.15, -0.1) is 0 Å². The van der Waals surface area contributed by atoms with Gasteiger partial charge in [-0.2, -0.15) is 0 Å². The topological polar surface area (TPSA) is 157 Å². The number of Topliss-reactive ketones (excluding diaryl/α,β-unsaturated/α-hetero) is 1. The predicted molar refractivity (Wildman–Crippen MR) is 174 cm³/mol. The molecular weight excluding hydrogens is 578 g/mol. The average molecular weight is 632 g/mol. The number of hydrogen-bond acceptors (Lipinski definition) is 9. The first-order valence-corrected chi connectivity index (χ1v) is 14.9. The van der Waals surface area contributed by atoms with E-state index in [1.54, 1.807) is 32.1 Å². The van der Waals surface area contributed by atoms with Crippen molar-refractivity contribution in [1.29, 1.82) is 0 Å². The summed E-state index contributed by atoms with van der Waals surface area (Å²) in [5, 5.41) is 13.9. The van der Waals surface area contributed by atoms with E-state index in [1.165, 1.54) is 26.4 Å². The van der Waals surface area contributed by atoms with Crippen molar-refractivity contribution in [1.82, 2.24) is 10.2 Å². The van der Waals surface area contributed by atoms with E-state index >= 15 is 0 Å². The smallest absolute Gasteiger partial charge is 0.405 e. The molecule has 0 spiro atoms. The highest BCUT2D eigenvalue weighted by atomic mass is 16.6. The quantitative estimate of drug-likeness (QED) is 0.281. The molecule has 0 aromatic carbocycles. The Balaban J connectivity index is 0.0000101. The number of hydrogen-bond donors (Lipinski definition) is 3. The average Bonchev–Trinajstić information content (AvgIpc) is 2.95. The van der Waals surface area contributed by atoms with E-state index in [-0.39, 0.29) is 36.8 Å². The predicted octanol–water partition coefficient (Wildman–Crippen LogP) is 3.78. The van der Waals surface area contributed by atoms with Crippen LogP contribution in [0.5, 0.6) is 0 Å². The highest BCUT2D eigenvalue weighted by molar-refractivity contribution is 6.23. The van der Waals surface area contributed by atoms with Gasteiger partial charge < -0.3 is 35.3 Å². The summed E-state index contributed by atoms with van der Waals surface area (Å²) in [6.07, 6.45) is 5.25. The zero-order valence-corrected chi connectivity index (χ0v) is 27.2. The normalized spacial score (nSPS) is 30.4. The van der Waals surface area contributed by atoms with Crippen molar-refractivity contribution in [3.63, 3.8) is 0 Å². The maximum absolute atomic E-state index is 13.7. The lowest BCUT2D eigenvalue weighted by molar-refractivity contribution is -0.120. The van der Waals surface area contributed by atoms with E-state index in [9.17, 15) is 24.3 Å². The number of allylic oxidation sites excluding steroid dienone is 5. The summed E-state index contributed by atoms with van der Waals surface area (Å²) in [6.45, 7) is 7.82. The second kappa shape index (κ2) is 18.6. The maximum Gasteiger partial charge on any atom is 0.405 e. The SMILES string of the molecule is C.CO[C@H]1/C=C\C=C(/C)C(=O)NC2=CC(=O)C(CCCN(C)C)=C(C[C@@H](C)C[C@H](OC)[C@H](O)[C@@H](C)/C=C(\C)[C@@H]1OC(N)=O)C2=O. The highest BCUT2D eigenvalue weighted by Gasteiger charge is 2.33. The fourth-order valence-electron chi connectivity index (χ4n) is 5.49. The molecule has 45 heavy (non-hydrogen) atoms. The Bertz CT molecular complexity index is 1230. The molecule has 2 bridgehead atoms. The third kappa shape index (κ3) is 11.5. The molecular formula is C34H53N3O8. The van der Waals surface area contributed by atoms with Gasteiger partial charge in [0.05, 0.1) is 17.9 Å². The minimum absolute atomic E-state index is 0. The van der Waals surface area contributed by atoms with Gasteiger partial charge in [-0.05, 0) is 71.7 Å². The fourth-order valence-corrected chi connectivity index (χ4v) is 5.49. The largest absolute Gasteiger partial charge is 0.439 e. The number of methoxy groups -OCH3 is 2. The van der Waals surface area contributed by atoms with Crippen LogP contribution in [0.25, 0.3) is 0 Å². The summed E-state index contributed by atoms with van der Waals surface area (Å²) in [4.78, 5) is 53.9. The molecule has 252 valence electrons. The maximum atomic E-state index is 13.7. The number of primary amides is 1. The Morgan fingerprint density at radius 3 is 2.38 bits per heavy atom. The first kappa shape index (κ1) is 39.6. The van der Waals surface area contributed by atoms with E-state index < -0.39 is 48.1 Å². The number of ketones is 2. The van der Waals surface area contributed by atoms with E-state index in [0.717, 1.165) is 6.54 Å². The van der Waals surface area contributed by atoms with Crippen molar-refractivity contribution in [3.8, 4) is 0 Å². The molecule has 1 heterocycles. The molecule has 2 rings (SSSR count). The first-order valence-electron chi connectivity index (χ1n) is 14.9. The van der Waals surface area contributed by atoms with Crippen molar-refractivity contribution in [2.24, 2.45) is 17.6 Å². The molecule has 2 aliphatic rings. The second-order valence-electron chi connectivity index (χ2n) is 11.9. The van der Waals surface area contributed by atoms with Gasteiger partial charge in [0.15, 0.2) is 11.9 Å². The number of ether oxygens (including phenoxy) is 3. The summed E-state index contributed by atoms with van der Waals surface area (Å²) in [5.41, 5.74) is 6.98. The number of fused-ring (bicyclic) bond motifs is 2. The van der Waals surface area contributed by atoms with Crippen LogP contribution < -0.4 is 11.1 Å². The van der Waals surface area contributed by atoms with E-state index in [2.05, 4.69) is 5.32 Å². The number of nitrogens with one attached hydrogen (secondary N) is 1. The van der Waals surface area contributed by atoms with Crippen molar-refractivity contribution < 1.29 is 38.5 Å². The number of aliphatic hydroxyl groups is 1. The second-order valence-corrected chi connectivity index (χ2v) is 11.9. The summed E-state index contributed by atoms with van der Waals surface area (Å²) in [7, 11) is 6.84. The molecule has 11 heteroatoms. The molecule has 2 amide bonds. The molecule has 0 saturated carbocycles. The summed E-state index contributed by atoms with van der Waals surface area (Å²) < 4.78 is 16.6. The van der Waals surface area contributed by atoms with Crippen LogP contribution in [-0.4, -0.2) is 92.8 Å². The fraction of sp³-hybridized carbons (Fsp3) is 0.588. The van der Waals surface area contributed by atoms with Crippen molar-refractivity contribution in [3.05, 3.63) is 58.4 Å². The van der Waals surface area contributed by atoms with Gasteiger partial charge >= 0.3 is 6.09 Å². The van der Waals surface area contributed by atoms with Gasteiger partial charge in [0.1, 0.15) is 6.10 Å². The van der Waals surface area contributed by atoms with E-state index in [4.69, 9.17) is 19.9 Å². The van der Waals surface area contributed by atoms with Gasteiger partial charge in [-0.1, -0.05) is 45.6 Å². The first-order chi connectivity index (χ1) is 20.7. The summed E-state index contributed by atoms with van der Waals surface area (Å²) in [6, 6.07) is 0. The van der Waals surface area contributed by atoms with Gasteiger partial charge in [0.2, 0.25) is 5.78 Å². The number of carbonyl (C=O) groups excluding carboxylic acids is 4. The van der Waals surface area contributed by atoms with Crippen LogP contribution in [0.15, 0.2) is 58.4 Å². The summed E-state index contributed by atoms with van der Waals surface area (Å²) >= 11 is 0. The molecule has 1 aliphatic carbocycles. The van der Waals surface area contributed by atoms with E-state index in [0.29, 0.717) is 36.0 Å². The van der Waals surface area contributed by atoms with Crippen LogP contribution in [0.4, 0.5) is 4.79 Å². The Kier molecular flexibility index (Phi) is 16.3. The molecule has 0 radical (unpaired) electrons. The molecule has 11 nitrogen and oxygen atoms in total. The Morgan fingerprint density at radius 2 is 1.80 bits per heavy atom. The summed E-state index contributed by atoms with van der Waals surface area (Å²) in [5.74, 6) is -1.82. The van der Waals surface area contributed by atoms with Crippen molar-refractivity contribution >= 4 is 23.6 Å². The minimum Gasteiger partial charge on any atom is -0.439 e. The van der Waals surface area contributed by atoms with Gasteiger partial charge in [0, 0.05) is 42.9 Å². The molecule has 6 atom stereocenters. The molecule has 0 unspecified atom stereocenters. The van der Waals surface area contributed by atoms with Crippen LogP contribution in [0.3, 0.4) is 0 Å². The van der Waals surface area contributed by atoms with Crippen LogP contribution >= 0.6 is 0 Å². The third-order valence-corrected chi connectivity index (χ3v) is 7.94. The molecule has 0 aromatic heterocycles. The van der Waals surface area contributed by atoms with Gasteiger partial charge in [-0.3, -0.25) is 14.4 Å². The molecule has 0 aromatic rings. The van der Waals surface area contributed by atoms with E-state index in [1.807, 2.05) is 32.8 Å². The zero-order valence-electron chi connectivity index (χ0n) is 27.2. The van der Waals surface area contributed by atoms with Gasteiger partial charge in [-0.25, -0.2) is 4.79 Å². The molecule has 4 N–H and O–H groups in total. The molecule has 0 saturated heterocycles. The number of amides is 2. The Hall–Kier alpha value is -3.38. The van der Waals surface area contributed by atoms with Crippen LogP contribution in [0, 0.1) is 11.8 Å². The number of rotatable bonds is 7. The lowest BCUT2D eigenvalue weighted by Crippen LogP contribution is -2.37. The van der Waals surface area contributed by atoms with Crippen LogP contribution in [-0.2, 0) is 28.6 Å². The minimum atomic E-state index is -0.992. The van der Waals surface area contributed by atoms with Crippen molar-refractivity contribution in [2.45, 2.75) is 85.2 Å². The Labute approximate surface area is 268 Å². The number of aliphatic hydroxyl groups excluding tert-OH is 1.